The molecule has 128 valence electrons. The Kier molecular flexibility index (Phi) is 7.10. The lowest BCUT2D eigenvalue weighted by atomic mass is 10.0. The van der Waals surface area contributed by atoms with E-state index in [-0.39, 0.29) is 6.04 Å². The Labute approximate surface area is 152 Å². The maximum Gasteiger partial charge on any atom is 0.321 e. The molecule has 0 saturated carbocycles. The molecule has 0 saturated heterocycles. The summed E-state index contributed by atoms with van der Waals surface area (Å²) in [6.45, 7) is 2.03. The van der Waals surface area contributed by atoms with Crippen molar-refractivity contribution >= 4 is 29.2 Å². The molecule has 0 aliphatic rings. The molecule has 2 atom stereocenters. The van der Waals surface area contributed by atoms with Gasteiger partial charge in [0.1, 0.15) is 6.04 Å². The Morgan fingerprint density at radius 1 is 1.12 bits per heavy atom. The van der Waals surface area contributed by atoms with Crippen molar-refractivity contribution in [3.63, 3.8) is 0 Å². The Balaban J connectivity index is 2.06. The van der Waals surface area contributed by atoms with Gasteiger partial charge in [-0.3, -0.25) is 4.79 Å². The van der Waals surface area contributed by atoms with Crippen LogP contribution >= 0.6 is 23.2 Å². The fraction of sp³-hybridized carbons (Fsp3) is 0.316. The van der Waals surface area contributed by atoms with Crippen LogP contribution in [0.4, 0.5) is 0 Å². The number of hydrogen-bond acceptors (Lipinski definition) is 2. The van der Waals surface area contributed by atoms with Crippen LogP contribution in [0.2, 0.25) is 10.0 Å². The van der Waals surface area contributed by atoms with E-state index < -0.39 is 12.0 Å². The Bertz CT molecular complexity index is 676. The molecule has 2 aromatic rings. The highest BCUT2D eigenvalue weighted by Crippen LogP contribution is 2.22. The fourth-order valence-corrected chi connectivity index (χ4v) is 3.11. The minimum absolute atomic E-state index is 0.0217. The third-order valence-electron chi connectivity index (χ3n) is 3.99. The number of carboxylic acids is 1. The number of benzene rings is 2. The summed E-state index contributed by atoms with van der Waals surface area (Å²) in [4.78, 5) is 11.6. The van der Waals surface area contributed by atoms with Crippen LogP contribution in [0.1, 0.15) is 24.5 Å². The average Bonchev–Trinajstić information content (AvgIpc) is 2.56. The molecule has 2 aromatic carbocycles. The third-order valence-corrected chi connectivity index (χ3v) is 4.58. The molecule has 5 heteroatoms. The highest BCUT2D eigenvalue weighted by atomic mass is 35.5. The van der Waals surface area contributed by atoms with Gasteiger partial charge < -0.3 is 10.4 Å². The molecule has 0 aliphatic heterocycles. The second-order valence-corrected chi connectivity index (χ2v) is 6.64. The highest BCUT2D eigenvalue weighted by molar-refractivity contribution is 6.35. The molecule has 0 spiro atoms. The number of rotatable bonds is 8. The summed E-state index contributed by atoms with van der Waals surface area (Å²) in [5, 5.41) is 14.0. The first-order valence-electron chi connectivity index (χ1n) is 7.96. The predicted molar refractivity (Wildman–Crippen MR) is 99.0 cm³/mol. The Morgan fingerprint density at radius 3 is 2.42 bits per heavy atom. The van der Waals surface area contributed by atoms with Crippen molar-refractivity contribution in [2.45, 2.75) is 38.3 Å². The molecule has 0 bridgehead atoms. The van der Waals surface area contributed by atoms with E-state index in [0.717, 1.165) is 17.5 Å². The first kappa shape index (κ1) is 18.8. The largest absolute Gasteiger partial charge is 0.480 e. The van der Waals surface area contributed by atoms with Crippen LogP contribution in [-0.4, -0.2) is 23.2 Å². The van der Waals surface area contributed by atoms with Crippen LogP contribution < -0.4 is 5.32 Å². The van der Waals surface area contributed by atoms with Gasteiger partial charge in [0.2, 0.25) is 0 Å². The number of carboxylic acid groups (broad SMARTS) is 1. The van der Waals surface area contributed by atoms with Crippen LogP contribution in [-0.2, 0) is 17.6 Å². The minimum Gasteiger partial charge on any atom is -0.480 e. The molecule has 0 fully saturated rings. The van der Waals surface area contributed by atoms with Crippen molar-refractivity contribution in [2.75, 3.05) is 0 Å². The van der Waals surface area contributed by atoms with Crippen molar-refractivity contribution in [1.29, 1.82) is 0 Å². The van der Waals surface area contributed by atoms with Crippen LogP contribution in [0.25, 0.3) is 0 Å². The molecule has 0 radical (unpaired) electrons. The van der Waals surface area contributed by atoms with Crippen molar-refractivity contribution in [3.8, 4) is 0 Å². The summed E-state index contributed by atoms with van der Waals surface area (Å²) in [7, 11) is 0. The van der Waals surface area contributed by atoms with E-state index in [0.29, 0.717) is 22.9 Å². The van der Waals surface area contributed by atoms with Crippen LogP contribution in [0.5, 0.6) is 0 Å². The number of aliphatic carboxylic acids is 1. The van der Waals surface area contributed by atoms with Gasteiger partial charge in [-0.05, 0) is 42.5 Å². The first-order valence-corrected chi connectivity index (χ1v) is 8.72. The van der Waals surface area contributed by atoms with Gasteiger partial charge in [-0.1, -0.05) is 66.5 Å². The normalized spacial score (nSPS) is 13.5. The quantitative estimate of drug-likeness (QED) is 0.718. The van der Waals surface area contributed by atoms with Crippen molar-refractivity contribution in [2.24, 2.45) is 0 Å². The van der Waals surface area contributed by atoms with Gasteiger partial charge in [-0.25, -0.2) is 0 Å². The van der Waals surface area contributed by atoms with E-state index in [1.807, 2.05) is 43.3 Å². The Morgan fingerprint density at radius 2 is 1.83 bits per heavy atom. The fourth-order valence-electron chi connectivity index (χ4n) is 2.63. The summed E-state index contributed by atoms with van der Waals surface area (Å²) < 4.78 is 0. The van der Waals surface area contributed by atoms with Crippen LogP contribution in [0.15, 0.2) is 48.5 Å². The predicted octanol–water partition coefficient (Wildman–Crippen LogP) is 4.60. The summed E-state index contributed by atoms with van der Waals surface area (Å²) >= 11 is 12.2. The number of carbonyl (C=O) groups is 1. The molecule has 0 heterocycles. The van der Waals surface area contributed by atoms with E-state index in [1.165, 1.54) is 0 Å². The standard InChI is InChI=1S/C19H21Cl2NO2/c1-2-16(11-14-8-9-15(20)12-17(14)21)22-18(19(23)24)10-13-6-4-3-5-7-13/h3-9,12,16,18,22H,2,10-11H2,1H3,(H,23,24)/t16?,18-/m0/s1. The van der Waals surface area contributed by atoms with Gasteiger partial charge in [0.05, 0.1) is 0 Å². The zero-order chi connectivity index (χ0) is 17.5. The molecular formula is C19H21Cl2NO2. The molecule has 24 heavy (non-hydrogen) atoms. The summed E-state index contributed by atoms with van der Waals surface area (Å²) in [5.41, 5.74) is 1.96. The molecule has 0 aliphatic carbocycles. The van der Waals surface area contributed by atoms with Crippen molar-refractivity contribution < 1.29 is 9.90 Å². The van der Waals surface area contributed by atoms with Gasteiger partial charge in [-0.15, -0.1) is 0 Å². The van der Waals surface area contributed by atoms with Gasteiger partial charge in [0.15, 0.2) is 0 Å². The van der Waals surface area contributed by atoms with Crippen LogP contribution in [0, 0.1) is 0 Å². The highest BCUT2D eigenvalue weighted by Gasteiger charge is 2.22. The number of hydrogen-bond donors (Lipinski definition) is 2. The average molecular weight is 366 g/mol. The summed E-state index contributed by atoms with van der Waals surface area (Å²) in [5.74, 6) is -0.848. The van der Waals surface area contributed by atoms with Gasteiger partial charge >= 0.3 is 5.97 Å². The van der Waals surface area contributed by atoms with E-state index in [9.17, 15) is 9.90 Å². The number of nitrogens with one attached hydrogen (secondary N) is 1. The molecule has 0 amide bonds. The minimum atomic E-state index is -0.848. The molecule has 2 N–H and O–H groups in total. The van der Waals surface area contributed by atoms with Crippen molar-refractivity contribution in [1.82, 2.24) is 5.32 Å². The molecule has 3 nitrogen and oxygen atoms in total. The lowest BCUT2D eigenvalue weighted by molar-refractivity contribution is -0.139. The smallest absolute Gasteiger partial charge is 0.321 e. The summed E-state index contributed by atoms with van der Waals surface area (Å²) in [6.07, 6.45) is 1.91. The topological polar surface area (TPSA) is 49.3 Å². The maximum atomic E-state index is 11.6. The van der Waals surface area contributed by atoms with E-state index in [1.54, 1.807) is 12.1 Å². The van der Waals surface area contributed by atoms with Gasteiger partial charge in [-0.2, -0.15) is 0 Å². The monoisotopic (exact) mass is 365 g/mol. The SMILES string of the molecule is CCC(Cc1ccc(Cl)cc1Cl)N[C@@H](Cc1ccccc1)C(=O)O. The third kappa shape index (κ3) is 5.52. The summed E-state index contributed by atoms with van der Waals surface area (Å²) in [6, 6.07) is 14.4. The van der Waals surface area contributed by atoms with Crippen molar-refractivity contribution in [3.05, 3.63) is 69.7 Å². The van der Waals surface area contributed by atoms with Crippen LogP contribution in [0.3, 0.4) is 0 Å². The maximum absolute atomic E-state index is 11.6. The second kappa shape index (κ2) is 9.07. The second-order valence-electron chi connectivity index (χ2n) is 5.79. The Hall–Kier alpha value is -1.55. The molecule has 2 rings (SSSR count). The van der Waals surface area contributed by atoms with E-state index in [4.69, 9.17) is 23.2 Å². The van der Waals surface area contributed by atoms with E-state index >= 15 is 0 Å². The molecule has 0 aromatic heterocycles. The van der Waals surface area contributed by atoms with E-state index in [2.05, 4.69) is 5.32 Å². The zero-order valence-electron chi connectivity index (χ0n) is 13.5. The molecular weight excluding hydrogens is 345 g/mol. The first-order chi connectivity index (χ1) is 11.5. The zero-order valence-corrected chi connectivity index (χ0v) is 15.0. The molecule has 1 unspecified atom stereocenters. The van der Waals surface area contributed by atoms with Gasteiger partial charge in [0, 0.05) is 16.1 Å². The lowest BCUT2D eigenvalue weighted by Crippen LogP contribution is -2.45. The lowest BCUT2D eigenvalue weighted by Gasteiger charge is -2.23. The number of halogens is 2. The van der Waals surface area contributed by atoms with Gasteiger partial charge in [0.25, 0.3) is 0 Å².